The lowest BCUT2D eigenvalue weighted by Crippen LogP contribution is -2.32. The van der Waals surface area contributed by atoms with Gasteiger partial charge in [0.25, 0.3) is 0 Å². The monoisotopic (exact) mass is 290 g/mol. The summed E-state index contributed by atoms with van der Waals surface area (Å²) in [6, 6.07) is 7.59. The van der Waals surface area contributed by atoms with Gasteiger partial charge in [0.05, 0.1) is 17.0 Å². The van der Waals surface area contributed by atoms with E-state index in [9.17, 15) is 4.79 Å². The zero-order valence-corrected chi connectivity index (χ0v) is 11.8. The number of nitrogens with zero attached hydrogens (tertiary/aromatic N) is 2. The number of fused-ring (bicyclic) bond motifs is 1. The van der Waals surface area contributed by atoms with Gasteiger partial charge < -0.3 is 10.6 Å². The summed E-state index contributed by atoms with van der Waals surface area (Å²) >= 11 is 6.09. The third kappa shape index (κ3) is 2.46. The maximum absolute atomic E-state index is 12.2. The second-order valence-corrected chi connectivity index (χ2v) is 5.34. The van der Waals surface area contributed by atoms with Gasteiger partial charge in [0.1, 0.15) is 0 Å². The van der Waals surface area contributed by atoms with Gasteiger partial charge in [0.15, 0.2) is 11.0 Å². The van der Waals surface area contributed by atoms with Crippen molar-refractivity contribution in [1.29, 1.82) is 0 Å². The Morgan fingerprint density at radius 3 is 2.70 bits per heavy atom. The van der Waals surface area contributed by atoms with E-state index in [1.165, 1.54) is 0 Å². The van der Waals surface area contributed by atoms with E-state index < -0.39 is 0 Å². The normalized spacial score (nSPS) is 22.1. The number of carbonyl (C=O) groups is 1. The summed E-state index contributed by atoms with van der Waals surface area (Å²) in [5, 5.41) is 6.26. The molecule has 2 unspecified atom stereocenters. The maximum Gasteiger partial charge on any atom is 0.230 e. The number of aromatic nitrogens is 2. The molecular formula is C14H15ClN4O. The number of halogens is 1. The Balaban J connectivity index is 1.86. The van der Waals surface area contributed by atoms with Gasteiger partial charge in [-0.3, -0.25) is 4.79 Å². The molecule has 1 aliphatic heterocycles. The molecule has 1 aromatic carbocycles. The molecule has 1 fully saturated rings. The topological polar surface area (TPSA) is 66.9 Å². The molecule has 2 N–H and O–H groups in total. The average Bonchev–Trinajstić information content (AvgIpc) is 2.86. The summed E-state index contributed by atoms with van der Waals surface area (Å²) in [6.07, 6.45) is 0.825. The summed E-state index contributed by atoms with van der Waals surface area (Å²) < 4.78 is 0. The number of para-hydroxylation sites is 2. The predicted octanol–water partition coefficient (Wildman–Crippen LogP) is 2.22. The van der Waals surface area contributed by atoms with E-state index in [0.717, 1.165) is 13.0 Å². The molecule has 2 atom stereocenters. The van der Waals surface area contributed by atoms with E-state index in [0.29, 0.717) is 16.9 Å². The number of nitrogens with one attached hydrogen (secondary N) is 2. The third-order valence-electron chi connectivity index (χ3n) is 3.63. The average molecular weight is 291 g/mol. The van der Waals surface area contributed by atoms with Crippen LogP contribution in [0, 0.1) is 5.92 Å². The molecule has 104 valence electrons. The molecule has 20 heavy (non-hydrogen) atoms. The second-order valence-electron chi connectivity index (χ2n) is 4.98. The van der Waals surface area contributed by atoms with E-state index in [-0.39, 0.29) is 23.0 Å². The van der Waals surface area contributed by atoms with Crippen LogP contribution in [0.2, 0.25) is 5.15 Å². The number of hydrogen-bond acceptors (Lipinski definition) is 4. The number of anilines is 1. The van der Waals surface area contributed by atoms with Gasteiger partial charge in [0.2, 0.25) is 5.91 Å². The number of hydrogen-bond donors (Lipinski definition) is 2. The number of amides is 1. The van der Waals surface area contributed by atoms with Crippen LogP contribution in [0.4, 0.5) is 5.82 Å². The van der Waals surface area contributed by atoms with Crippen LogP contribution in [0.3, 0.4) is 0 Å². The first-order valence-corrected chi connectivity index (χ1v) is 6.99. The van der Waals surface area contributed by atoms with Crippen LogP contribution >= 0.6 is 11.6 Å². The van der Waals surface area contributed by atoms with Gasteiger partial charge in [-0.15, -0.1) is 0 Å². The molecule has 0 spiro atoms. The Morgan fingerprint density at radius 1 is 1.35 bits per heavy atom. The van der Waals surface area contributed by atoms with Crippen molar-refractivity contribution in [3.05, 3.63) is 29.4 Å². The van der Waals surface area contributed by atoms with Gasteiger partial charge in [-0.2, -0.15) is 0 Å². The molecule has 2 aromatic rings. The van der Waals surface area contributed by atoms with Crippen LogP contribution < -0.4 is 10.6 Å². The van der Waals surface area contributed by atoms with Crippen LogP contribution in [-0.4, -0.2) is 28.5 Å². The summed E-state index contributed by atoms with van der Waals surface area (Å²) in [4.78, 5) is 20.8. The molecule has 0 saturated carbocycles. The molecule has 1 amide bonds. The Morgan fingerprint density at radius 2 is 2.05 bits per heavy atom. The van der Waals surface area contributed by atoms with Crippen LogP contribution in [0.5, 0.6) is 0 Å². The van der Waals surface area contributed by atoms with Crippen molar-refractivity contribution in [3.63, 3.8) is 0 Å². The maximum atomic E-state index is 12.2. The van der Waals surface area contributed by atoms with Crippen LogP contribution in [0.15, 0.2) is 24.3 Å². The van der Waals surface area contributed by atoms with Crippen molar-refractivity contribution in [2.45, 2.75) is 19.4 Å². The van der Waals surface area contributed by atoms with Crippen LogP contribution in [0.1, 0.15) is 13.3 Å². The second kappa shape index (κ2) is 5.34. The van der Waals surface area contributed by atoms with Crippen molar-refractivity contribution in [2.75, 3.05) is 11.9 Å². The number of carbonyl (C=O) groups excluding carboxylic acids is 1. The zero-order chi connectivity index (χ0) is 14.1. The van der Waals surface area contributed by atoms with Crippen LogP contribution in [-0.2, 0) is 4.79 Å². The fourth-order valence-electron chi connectivity index (χ4n) is 2.48. The minimum Gasteiger partial charge on any atom is -0.313 e. The van der Waals surface area contributed by atoms with Crippen molar-refractivity contribution >= 4 is 34.4 Å². The predicted molar refractivity (Wildman–Crippen MR) is 78.7 cm³/mol. The minimum absolute atomic E-state index is 0.0562. The molecule has 1 aliphatic rings. The largest absolute Gasteiger partial charge is 0.313 e. The smallest absolute Gasteiger partial charge is 0.230 e. The summed E-state index contributed by atoms with van der Waals surface area (Å²) in [5.74, 6) is 0.211. The molecular weight excluding hydrogens is 276 g/mol. The first kappa shape index (κ1) is 13.3. The highest BCUT2D eigenvalue weighted by molar-refractivity contribution is 6.32. The lowest BCUT2D eigenvalue weighted by Gasteiger charge is -2.15. The molecule has 0 bridgehead atoms. The highest BCUT2D eigenvalue weighted by Crippen LogP contribution is 2.23. The van der Waals surface area contributed by atoms with Gasteiger partial charge in [-0.05, 0) is 32.0 Å². The fourth-order valence-corrected chi connectivity index (χ4v) is 2.66. The summed E-state index contributed by atoms with van der Waals surface area (Å²) in [6.45, 7) is 2.86. The van der Waals surface area contributed by atoms with Crippen LogP contribution in [0.25, 0.3) is 11.0 Å². The van der Waals surface area contributed by atoms with Crippen molar-refractivity contribution in [3.8, 4) is 0 Å². The zero-order valence-electron chi connectivity index (χ0n) is 11.1. The quantitative estimate of drug-likeness (QED) is 0.890. The lowest BCUT2D eigenvalue weighted by molar-refractivity contribution is -0.120. The minimum atomic E-state index is -0.0611. The molecule has 6 heteroatoms. The molecule has 3 rings (SSSR count). The Labute approximate surface area is 121 Å². The first-order chi connectivity index (χ1) is 9.65. The summed E-state index contributed by atoms with van der Waals surface area (Å²) in [7, 11) is 0. The Kier molecular flexibility index (Phi) is 3.54. The molecule has 2 heterocycles. The molecule has 5 nitrogen and oxygen atoms in total. The Hall–Kier alpha value is -1.72. The number of rotatable bonds is 2. The highest BCUT2D eigenvalue weighted by atomic mass is 35.5. The van der Waals surface area contributed by atoms with Crippen molar-refractivity contribution in [2.24, 2.45) is 5.92 Å². The van der Waals surface area contributed by atoms with E-state index >= 15 is 0 Å². The van der Waals surface area contributed by atoms with E-state index in [4.69, 9.17) is 11.6 Å². The van der Waals surface area contributed by atoms with Gasteiger partial charge in [-0.1, -0.05) is 23.7 Å². The standard InChI is InChI=1S/C14H15ClN4O/c1-8-9(6-7-16-8)14(20)19-13-12(15)17-10-4-2-3-5-11(10)18-13/h2-5,8-9,16H,6-7H2,1H3,(H,18,19,20). The SMILES string of the molecule is CC1NCCC1C(=O)Nc1nc2ccccc2nc1Cl. The molecule has 1 saturated heterocycles. The van der Waals surface area contributed by atoms with Crippen molar-refractivity contribution < 1.29 is 4.79 Å². The molecule has 1 aromatic heterocycles. The Bertz CT molecular complexity index is 661. The van der Waals surface area contributed by atoms with Gasteiger partial charge in [-0.25, -0.2) is 9.97 Å². The van der Waals surface area contributed by atoms with E-state index in [1.807, 2.05) is 31.2 Å². The molecule has 0 radical (unpaired) electrons. The molecule has 0 aliphatic carbocycles. The number of benzene rings is 1. The first-order valence-electron chi connectivity index (χ1n) is 6.61. The third-order valence-corrected chi connectivity index (χ3v) is 3.90. The fraction of sp³-hybridized carbons (Fsp3) is 0.357. The van der Waals surface area contributed by atoms with E-state index in [1.54, 1.807) is 0 Å². The lowest BCUT2D eigenvalue weighted by atomic mass is 10.0. The highest BCUT2D eigenvalue weighted by Gasteiger charge is 2.30. The van der Waals surface area contributed by atoms with Crippen molar-refractivity contribution in [1.82, 2.24) is 15.3 Å². The summed E-state index contributed by atoms with van der Waals surface area (Å²) in [5.41, 5.74) is 1.43. The van der Waals surface area contributed by atoms with Gasteiger partial charge in [0, 0.05) is 6.04 Å². The van der Waals surface area contributed by atoms with E-state index in [2.05, 4.69) is 20.6 Å². The van der Waals surface area contributed by atoms with Gasteiger partial charge >= 0.3 is 0 Å².